The van der Waals surface area contributed by atoms with Gasteiger partial charge in [0, 0.05) is 56.5 Å². The van der Waals surface area contributed by atoms with Crippen molar-refractivity contribution in [3.63, 3.8) is 0 Å². The summed E-state index contributed by atoms with van der Waals surface area (Å²) in [7, 11) is 0. The number of aryl methyl sites for hydroxylation is 1. The van der Waals surface area contributed by atoms with Gasteiger partial charge in [-0.15, -0.1) is 0 Å². The van der Waals surface area contributed by atoms with Crippen molar-refractivity contribution in [1.82, 2.24) is 14.9 Å². The lowest BCUT2D eigenvalue weighted by atomic mass is 10.2. The normalized spacial score (nSPS) is 14.1. The van der Waals surface area contributed by atoms with Crippen LogP contribution >= 0.6 is 0 Å². The highest BCUT2D eigenvalue weighted by Crippen LogP contribution is 2.15. The smallest absolute Gasteiger partial charge is 0.224 e. The van der Waals surface area contributed by atoms with Crippen molar-refractivity contribution in [3.8, 4) is 0 Å². The predicted octanol–water partition coefficient (Wildman–Crippen LogP) is 1.99. The molecule has 2 aromatic rings. The Bertz CT molecular complexity index is 804. The molecule has 142 valence electrons. The minimum absolute atomic E-state index is 0.0391. The van der Waals surface area contributed by atoms with Crippen molar-refractivity contribution in [2.24, 2.45) is 0 Å². The molecule has 0 unspecified atom stereocenters. The van der Waals surface area contributed by atoms with E-state index in [0.29, 0.717) is 31.9 Å². The molecule has 0 spiro atoms. The summed E-state index contributed by atoms with van der Waals surface area (Å²) < 4.78 is 12.9. The van der Waals surface area contributed by atoms with Crippen LogP contribution in [0.5, 0.6) is 0 Å². The van der Waals surface area contributed by atoms with E-state index < -0.39 is 0 Å². The van der Waals surface area contributed by atoms with Crippen LogP contribution in [0.3, 0.4) is 0 Å². The largest absolute Gasteiger partial charge is 0.353 e. The zero-order valence-electron chi connectivity index (χ0n) is 15.2. The summed E-state index contributed by atoms with van der Waals surface area (Å²) in [5, 5.41) is 2.66. The van der Waals surface area contributed by atoms with Gasteiger partial charge < -0.3 is 15.1 Å². The van der Waals surface area contributed by atoms with Gasteiger partial charge in [0.1, 0.15) is 18.0 Å². The van der Waals surface area contributed by atoms with E-state index in [1.807, 2.05) is 13.0 Å². The monoisotopic (exact) mass is 371 g/mol. The standard InChI is InChI=1S/C19H22FN5O2/c1-14-12-17(22-13-21-14)24-8-10-25(11-9-24)19(27)7-6-18(26)23-16-4-2-15(20)3-5-16/h2-5,12-13H,6-11H2,1H3,(H,23,26). The van der Waals surface area contributed by atoms with Gasteiger partial charge in [0.2, 0.25) is 11.8 Å². The topological polar surface area (TPSA) is 78.4 Å². The highest BCUT2D eigenvalue weighted by atomic mass is 19.1. The number of anilines is 2. The highest BCUT2D eigenvalue weighted by Gasteiger charge is 2.22. The van der Waals surface area contributed by atoms with Gasteiger partial charge >= 0.3 is 0 Å². The molecule has 1 aromatic carbocycles. The minimum Gasteiger partial charge on any atom is -0.353 e. The van der Waals surface area contributed by atoms with Gasteiger partial charge in [-0.1, -0.05) is 0 Å². The quantitative estimate of drug-likeness (QED) is 0.870. The first-order chi connectivity index (χ1) is 13.0. The van der Waals surface area contributed by atoms with E-state index in [-0.39, 0.29) is 30.5 Å². The van der Waals surface area contributed by atoms with Crippen molar-refractivity contribution >= 4 is 23.3 Å². The Morgan fingerprint density at radius 1 is 1.07 bits per heavy atom. The summed E-state index contributed by atoms with van der Waals surface area (Å²) in [6, 6.07) is 7.46. The molecule has 1 N–H and O–H groups in total. The van der Waals surface area contributed by atoms with Gasteiger partial charge in [-0.25, -0.2) is 14.4 Å². The molecule has 1 fully saturated rings. The fourth-order valence-corrected chi connectivity index (χ4v) is 2.93. The van der Waals surface area contributed by atoms with E-state index in [2.05, 4.69) is 20.2 Å². The third kappa shape index (κ3) is 5.22. The molecule has 1 aliphatic rings. The molecule has 1 aliphatic heterocycles. The second-order valence-corrected chi connectivity index (χ2v) is 6.44. The molecule has 0 radical (unpaired) electrons. The number of carbonyl (C=O) groups is 2. The number of hydrogen-bond donors (Lipinski definition) is 1. The van der Waals surface area contributed by atoms with Crippen LogP contribution in [-0.2, 0) is 9.59 Å². The highest BCUT2D eigenvalue weighted by molar-refractivity contribution is 5.93. The van der Waals surface area contributed by atoms with E-state index in [4.69, 9.17) is 0 Å². The SMILES string of the molecule is Cc1cc(N2CCN(C(=O)CCC(=O)Nc3ccc(F)cc3)CC2)ncn1. The molecular formula is C19H22FN5O2. The van der Waals surface area contributed by atoms with E-state index in [9.17, 15) is 14.0 Å². The number of amides is 2. The molecule has 1 aromatic heterocycles. The Labute approximate surface area is 157 Å². The first-order valence-corrected chi connectivity index (χ1v) is 8.88. The van der Waals surface area contributed by atoms with Gasteiger partial charge in [0.25, 0.3) is 0 Å². The maximum atomic E-state index is 12.9. The Morgan fingerprint density at radius 2 is 1.78 bits per heavy atom. The van der Waals surface area contributed by atoms with Crippen LogP contribution in [0, 0.1) is 12.7 Å². The average Bonchev–Trinajstić information content (AvgIpc) is 2.68. The van der Waals surface area contributed by atoms with Crippen molar-refractivity contribution in [3.05, 3.63) is 48.2 Å². The summed E-state index contributed by atoms with van der Waals surface area (Å²) in [5.74, 6) is 0.209. The molecule has 0 atom stereocenters. The number of nitrogens with zero attached hydrogens (tertiary/aromatic N) is 4. The van der Waals surface area contributed by atoms with Crippen LogP contribution in [0.25, 0.3) is 0 Å². The second-order valence-electron chi connectivity index (χ2n) is 6.44. The molecule has 1 saturated heterocycles. The van der Waals surface area contributed by atoms with E-state index in [1.165, 1.54) is 24.3 Å². The average molecular weight is 371 g/mol. The predicted molar refractivity (Wildman–Crippen MR) is 99.8 cm³/mol. The van der Waals surface area contributed by atoms with Gasteiger partial charge in [-0.3, -0.25) is 9.59 Å². The van der Waals surface area contributed by atoms with Crippen LogP contribution in [0.1, 0.15) is 18.5 Å². The summed E-state index contributed by atoms with van der Waals surface area (Å²) in [4.78, 5) is 36.6. The Morgan fingerprint density at radius 3 is 2.44 bits per heavy atom. The number of benzene rings is 1. The molecule has 27 heavy (non-hydrogen) atoms. The van der Waals surface area contributed by atoms with E-state index >= 15 is 0 Å². The fraction of sp³-hybridized carbons (Fsp3) is 0.368. The molecular weight excluding hydrogens is 349 g/mol. The van der Waals surface area contributed by atoms with E-state index in [0.717, 1.165) is 11.5 Å². The van der Waals surface area contributed by atoms with E-state index in [1.54, 1.807) is 11.2 Å². The lowest BCUT2D eigenvalue weighted by Gasteiger charge is -2.35. The second kappa shape index (κ2) is 8.57. The lowest BCUT2D eigenvalue weighted by molar-refractivity contribution is -0.133. The number of aromatic nitrogens is 2. The number of carbonyl (C=O) groups excluding carboxylic acids is 2. The number of halogens is 1. The van der Waals surface area contributed by atoms with Crippen LogP contribution in [-0.4, -0.2) is 52.9 Å². The van der Waals surface area contributed by atoms with Crippen LogP contribution < -0.4 is 10.2 Å². The van der Waals surface area contributed by atoms with Crippen molar-refractivity contribution in [1.29, 1.82) is 0 Å². The zero-order chi connectivity index (χ0) is 19.2. The zero-order valence-corrected chi connectivity index (χ0v) is 15.2. The minimum atomic E-state index is -0.362. The number of rotatable bonds is 5. The van der Waals surface area contributed by atoms with Crippen molar-refractivity contribution < 1.29 is 14.0 Å². The molecule has 7 nitrogen and oxygen atoms in total. The number of hydrogen-bond acceptors (Lipinski definition) is 5. The fourth-order valence-electron chi connectivity index (χ4n) is 2.93. The van der Waals surface area contributed by atoms with Gasteiger partial charge in [-0.2, -0.15) is 0 Å². The van der Waals surface area contributed by atoms with Gasteiger partial charge in [-0.05, 0) is 31.2 Å². The first kappa shape index (κ1) is 18.8. The third-order valence-electron chi connectivity index (χ3n) is 4.44. The van der Waals surface area contributed by atoms with Crippen LogP contribution in [0.4, 0.5) is 15.9 Å². The Kier molecular flexibility index (Phi) is 5.95. The lowest BCUT2D eigenvalue weighted by Crippen LogP contribution is -2.49. The Hall–Kier alpha value is -3.03. The van der Waals surface area contributed by atoms with Crippen LogP contribution in [0.2, 0.25) is 0 Å². The molecule has 0 bridgehead atoms. The van der Waals surface area contributed by atoms with Crippen molar-refractivity contribution in [2.45, 2.75) is 19.8 Å². The third-order valence-corrected chi connectivity index (χ3v) is 4.44. The van der Waals surface area contributed by atoms with Crippen LogP contribution in [0.15, 0.2) is 36.7 Å². The molecule has 3 rings (SSSR count). The molecule has 8 heteroatoms. The van der Waals surface area contributed by atoms with Crippen molar-refractivity contribution in [2.75, 3.05) is 36.4 Å². The summed E-state index contributed by atoms with van der Waals surface area (Å²) in [6.45, 7) is 4.51. The summed E-state index contributed by atoms with van der Waals surface area (Å²) in [6.07, 6.45) is 1.79. The summed E-state index contributed by atoms with van der Waals surface area (Å²) >= 11 is 0. The number of piperazine rings is 1. The molecule has 2 heterocycles. The van der Waals surface area contributed by atoms with Gasteiger partial charge in [0.15, 0.2) is 0 Å². The maximum absolute atomic E-state index is 12.9. The van der Waals surface area contributed by atoms with Gasteiger partial charge in [0.05, 0.1) is 0 Å². The molecule has 2 amide bonds. The maximum Gasteiger partial charge on any atom is 0.224 e. The Balaban J connectivity index is 1.42. The molecule has 0 saturated carbocycles. The first-order valence-electron chi connectivity index (χ1n) is 8.88. The number of nitrogens with one attached hydrogen (secondary N) is 1. The molecule has 0 aliphatic carbocycles. The summed E-state index contributed by atoms with van der Waals surface area (Å²) in [5.41, 5.74) is 1.42.